The molecule has 21 heavy (non-hydrogen) atoms. The maximum atomic E-state index is 13.3. The first kappa shape index (κ1) is 15.9. The SMILES string of the molecule is NCC#Cc1cc(F)ccc1NC(=O)CC1CCSCC1. The molecule has 1 aromatic rings. The Morgan fingerprint density at radius 2 is 2.19 bits per heavy atom. The largest absolute Gasteiger partial charge is 0.325 e. The molecule has 5 heteroatoms. The van der Waals surface area contributed by atoms with Crippen molar-refractivity contribution in [3.8, 4) is 11.8 Å². The minimum atomic E-state index is -0.376. The first-order chi connectivity index (χ1) is 10.2. The monoisotopic (exact) mass is 306 g/mol. The van der Waals surface area contributed by atoms with E-state index in [0.29, 0.717) is 23.6 Å². The topological polar surface area (TPSA) is 55.1 Å². The number of halogens is 1. The number of carbonyl (C=O) groups is 1. The number of hydrogen-bond acceptors (Lipinski definition) is 3. The molecule has 1 heterocycles. The van der Waals surface area contributed by atoms with Gasteiger partial charge in [0.1, 0.15) is 5.82 Å². The van der Waals surface area contributed by atoms with E-state index >= 15 is 0 Å². The predicted octanol–water partition coefficient (Wildman–Crippen LogP) is 2.61. The van der Waals surface area contributed by atoms with Crippen LogP contribution in [-0.2, 0) is 4.79 Å². The molecule has 1 aliphatic rings. The predicted molar refractivity (Wildman–Crippen MR) is 85.6 cm³/mol. The average Bonchev–Trinajstić information content (AvgIpc) is 2.48. The van der Waals surface area contributed by atoms with Crippen molar-refractivity contribution in [3.05, 3.63) is 29.6 Å². The zero-order chi connectivity index (χ0) is 15.1. The number of nitrogens with two attached hydrogens (primary N) is 1. The summed E-state index contributed by atoms with van der Waals surface area (Å²) >= 11 is 1.94. The van der Waals surface area contributed by atoms with Gasteiger partial charge in [-0.3, -0.25) is 4.79 Å². The van der Waals surface area contributed by atoms with E-state index in [4.69, 9.17) is 5.73 Å². The fraction of sp³-hybridized carbons (Fsp3) is 0.438. The molecular weight excluding hydrogens is 287 g/mol. The lowest BCUT2D eigenvalue weighted by atomic mass is 9.98. The summed E-state index contributed by atoms with van der Waals surface area (Å²) in [5.41, 5.74) is 6.35. The Kier molecular flexibility index (Phi) is 6.09. The molecule has 2 rings (SSSR count). The second-order valence-electron chi connectivity index (χ2n) is 5.00. The maximum Gasteiger partial charge on any atom is 0.224 e. The van der Waals surface area contributed by atoms with Crippen LogP contribution in [0.2, 0.25) is 0 Å². The van der Waals surface area contributed by atoms with Gasteiger partial charge in [-0.15, -0.1) is 0 Å². The molecule has 1 saturated heterocycles. The van der Waals surface area contributed by atoms with Crippen LogP contribution in [-0.4, -0.2) is 24.0 Å². The Balaban J connectivity index is 2.02. The number of thioether (sulfide) groups is 1. The molecule has 0 saturated carbocycles. The Hall–Kier alpha value is -1.51. The zero-order valence-corrected chi connectivity index (χ0v) is 12.6. The van der Waals surface area contributed by atoms with Crippen molar-refractivity contribution in [2.24, 2.45) is 11.7 Å². The average molecular weight is 306 g/mol. The third-order valence-corrected chi connectivity index (χ3v) is 4.44. The highest BCUT2D eigenvalue weighted by Gasteiger charge is 2.17. The van der Waals surface area contributed by atoms with E-state index < -0.39 is 0 Å². The third-order valence-electron chi connectivity index (χ3n) is 3.40. The summed E-state index contributed by atoms with van der Waals surface area (Å²) in [6.45, 7) is 0.198. The molecule has 0 atom stereocenters. The van der Waals surface area contributed by atoms with Crippen LogP contribution in [0.4, 0.5) is 10.1 Å². The van der Waals surface area contributed by atoms with Gasteiger partial charge in [0.15, 0.2) is 0 Å². The van der Waals surface area contributed by atoms with Crippen LogP contribution in [0.25, 0.3) is 0 Å². The summed E-state index contributed by atoms with van der Waals surface area (Å²) < 4.78 is 13.3. The molecule has 1 aliphatic heterocycles. The minimum absolute atomic E-state index is 0.0330. The molecule has 0 aromatic heterocycles. The van der Waals surface area contributed by atoms with E-state index in [0.717, 1.165) is 24.3 Å². The van der Waals surface area contributed by atoms with Crippen LogP contribution in [0.1, 0.15) is 24.8 Å². The van der Waals surface area contributed by atoms with Gasteiger partial charge in [0.05, 0.1) is 17.8 Å². The Morgan fingerprint density at radius 3 is 2.90 bits per heavy atom. The summed E-state index contributed by atoms with van der Waals surface area (Å²) in [7, 11) is 0. The minimum Gasteiger partial charge on any atom is -0.325 e. The van der Waals surface area contributed by atoms with Crippen molar-refractivity contribution in [3.63, 3.8) is 0 Å². The molecular formula is C16H19FN2OS. The molecule has 0 unspecified atom stereocenters. The van der Waals surface area contributed by atoms with Gasteiger partial charge < -0.3 is 11.1 Å². The second-order valence-corrected chi connectivity index (χ2v) is 6.23. The molecule has 112 valence electrons. The van der Waals surface area contributed by atoms with E-state index in [1.807, 2.05) is 11.8 Å². The highest BCUT2D eigenvalue weighted by Crippen LogP contribution is 2.26. The molecule has 1 fully saturated rings. The highest BCUT2D eigenvalue weighted by atomic mass is 32.2. The first-order valence-corrected chi connectivity index (χ1v) is 8.20. The zero-order valence-electron chi connectivity index (χ0n) is 11.8. The first-order valence-electron chi connectivity index (χ1n) is 7.05. The fourth-order valence-corrected chi connectivity index (χ4v) is 3.49. The summed E-state index contributed by atoms with van der Waals surface area (Å²) in [5, 5.41) is 2.84. The van der Waals surface area contributed by atoms with Gasteiger partial charge in [0, 0.05) is 6.42 Å². The van der Waals surface area contributed by atoms with Crippen molar-refractivity contribution in [2.45, 2.75) is 19.3 Å². The summed E-state index contributed by atoms with van der Waals surface area (Å²) in [6, 6.07) is 4.18. The van der Waals surface area contributed by atoms with E-state index in [1.165, 1.54) is 12.1 Å². The van der Waals surface area contributed by atoms with E-state index in [-0.39, 0.29) is 18.3 Å². The van der Waals surface area contributed by atoms with Crippen LogP contribution in [0.3, 0.4) is 0 Å². The Morgan fingerprint density at radius 1 is 1.43 bits per heavy atom. The van der Waals surface area contributed by atoms with Crippen LogP contribution in [0, 0.1) is 23.6 Å². The van der Waals surface area contributed by atoms with Gasteiger partial charge in [-0.05, 0) is 48.5 Å². The van der Waals surface area contributed by atoms with Crippen LogP contribution in [0.15, 0.2) is 18.2 Å². The third kappa shape index (κ3) is 5.07. The number of nitrogens with one attached hydrogen (secondary N) is 1. The second kappa shape index (κ2) is 8.06. The Bertz CT molecular complexity index is 559. The van der Waals surface area contributed by atoms with Gasteiger partial charge in [0.25, 0.3) is 0 Å². The molecule has 0 spiro atoms. The van der Waals surface area contributed by atoms with Gasteiger partial charge >= 0.3 is 0 Å². The number of anilines is 1. The van der Waals surface area contributed by atoms with Crippen LogP contribution in [0.5, 0.6) is 0 Å². The number of hydrogen-bond donors (Lipinski definition) is 2. The van der Waals surface area contributed by atoms with E-state index in [2.05, 4.69) is 17.2 Å². The number of rotatable bonds is 3. The molecule has 3 nitrogen and oxygen atoms in total. The number of carbonyl (C=O) groups excluding carboxylic acids is 1. The smallest absolute Gasteiger partial charge is 0.224 e. The molecule has 1 amide bonds. The van der Waals surface area contributed by atoms with Crippen LogP contribution >= 0.6 is 11.8 Å². The number of benzene rings is 1. The van der Waals surface area contributed by atoms with Gasteiger partial charge in [-0.2, -0.15) is 11.8 Å². The normalized spacial score (nSPS) is 15.1. The quantitative estimate of drug-likeness (QED) is 0.844. The standard InChI is InChI=1S/C16H19FN2OS/c17-14-3-4-15(13(11-14)2-1-7-18)19-16(20)10-12-5-8-21-9-6-12/h3-4,11-12H,5-10,18H2,(H,19,20). The van der Waals surface area contributed by atoms with Crippen molar-refractivity contribution >= 4 is 23.4 Å². The lowest BCUT2D eigenvalue weighted by Crippen LogP contribution is -2.20. The molecule has 0 bridgehead atoms. The van der Waals surface area contributed by atoms with Gasteiger partial charge in [0.2, 0.25) is 5.91 Å². The number of amides is 1. The van der Waals surface area contributed by atoms with Crippen LogP contribution < -0.4 is 11.1 Å². The molecule has 0 radical (unpaired) electrons. The highest BCUT2D eigenvalue weighted by molar-refractivity contribution is 7.99. The van der Waals surface area contributed by atoms with Crippen molar-refractivity contribution < 1.29 is 9.18 Å². The van der Waals surface area contributed by atoms with Gasteiger partial charge in [-0.1, -0.05) is 11.8 Å². The van der Waals surface area contributed by atoms with Gasteiger partial charge in [-0.25, -0.2) is 4.39 Å². The summed E-state index contributed by atoms with van der Waals surface area (Å²) in [6.07, 6.45) is 2.68. The molecule has 0 aliphatic carbocycles. The van der Waals surface area contributed by atoms with Crippen molar-refractivity contribution in [1.82, 2.24) is 0 Å². The Labute approximate surface area is 128 Å². The lowest BCUT2D eigenvalue weighted by molar-refractivity contribution is -0.117. The summed E-state index contributed by atoms with van der Waals surface area (Å²) in [5.74, 6) is 7.77. The van der Waals surface area contributed by atoms with E-state index in [9.17, 15) is 9.18 Å². The molecule has 1 aromatic carbocycles. The maximum absolute atomic E-state index is 13.3. The fourth-order valence-electron chi connectivity index (χ4n) is 2.29. The molecule has 3 N–H and O–H groups in total. The summed E-state index contributed by atoms with van der Waals surface area (Å²) in [4.78, 5) is 12.1. The van der Waals surface area contributed by atoms with E-state index in [1.54, 1.807) is 6.07 Å². The van der Waals surface area contributed by atoms with Crippen molar-refractivity contribution in [2.75, 3.05) is 23.4 Å². The van der Waals surface area contributed by atoms with Crippen molar-refractivity contribution in [1.29, 1.82) is 0 Å². The lowest BCUT2D eigenvalue weighted by Gasteiger charge is -2.20.